The number of anilines is 2. The minimum atomic E-state index is -0.508. The molecule has 1 heterocycles. The molecule has 1 amide bonds. The third kappa shape index (κ3) is 4.52. The standard InChI is InChI=1S/C18H19N5O2S/c1-3-9-23-15(20)10-16(24)22-18(23)26-14(4-2)17(25)21-13-8-6-5-7-12(13)11-19/h3,5-8,10,14H,1,4,9,20H2,2H3,(H,21,25). The third-order valence-corrected chi connectivity index (χ3v) is 4.90. The lowest BCUT2D eigenvalue weighted by Crippen LogP contribution is -2.27. The van der Waals surface area contributed by atoms with Gasteiger partial charge in [0.25, 0.3) is 5.56 Å². The van der Waals surface area contributed by atoms with Gasteiger partial charge >= 0.3 is 0 Å². The van der Waals surface area contributed by atoms with Crippen molar-refractivity contribution < 1.29 is 4.79 Å². The molecule has 1 aromatic heterocycles. The van der Waals surface area contributed by atoms with Gasteiger partial charge < -0.3 is 15.6 Å². The van der Waals surface area contributed by atoms with E-state index in [1.165, 1.54) is 6.07 Å². The fraction of sp³-hybridized carbons (Fsp3) is 0.222. The lowest BCUT2D eigenvalue weighted by molar-refractivity contribution is -0.115. The fourth-order valence-corrected chi connectivity index (χ4v) is 3.29. The first kappa shape index (κ1) is 19.3. The number of nitrogens with zero attached hydrogens (tertiary/aromatic N) is 3. The Hall–Kier alpha value is -3.05. The first-order valence-corrected chi connectivity index (χ1v) is 8.83. The Bertz CT molecular complexity index is 917. The van der Waals surface area contributed by atoms with E-state index in [4.69, 9.17) is 11.0 Å². The normalized spacial score (nSPS) is 11.4. The predicted molar refractivity (Wildman–Crippen MR) is 103 cm³/mol. The summed E-state index contributed by atoms with van der Waals surface area (Å²) in [6, 6.07) is 10.0. The van der Waals surface area contributed by atoms with E-state index in [1.54, 1.807) is 34.9 Å². The zero-order valence-electron chi connectivity index (χ0n) is 14.3. The molecular weight excluding hydrogens is 350 g/mol. The van der Waals surface area contributed by atoms with Crippen molar-refractivity contribution in [1.82, 2.24) is 9.55 Å². The number of para-hydroxylation sites is 1. The van der Waals surface area contributed by atoms with Crippen molar-refractivity contribution in [1.29, 1.82) is 5.26 Å². The van der Waals surface area contributed by atoms with Crippen LogP contribution < -0.4 is 16.6 Å². The number of aromatic nitrogens is 2. The van der Waals surface area contributed by atoms with Gasteiger partial charge in [-0.1, -0.05) is 36.9 Å². The maximum Gasteiger partial charge on any atom is 0.275 e. The van der Waals surface area contributed by atoms with Crippen LogP contribution in [0.3, 0.4) is 0 Å². The molecule has 26 heavy (non-hydrogen) atoms. The number of hydrogen-bond donors (Lipinski definition) is 2. The smallest absolute Gasteiger partial charge is 0.275 e. The van der Waals surface area contributed by atoms with E-state index in [1.807, 2.05) is 13.0 Å². The van der Waals surface area contributed by atoms with E-state index < -0.39 is 10.8 Å². The van der Waals surface area contributed by atoms with E-state index in [-0.39, 0.29) is 11.7 Å². The Kier molecular flexibility index (Phi) is 6.58. The van der Waals surface area contributed by atoms with Crippen LogP contribution in [0, 0.1) is 11.3 Å². The van der Waals surface area contributed by atoms with Crippen LogP contribution in [0.15, 0.2) is 52.9 Å². The molecule has 0 spiro atoms. The summed E-state index contributed by atoms with van der Waals surface area (Å²) in [6.07, 6.45) is 2.14. The van der Waals surface area contributed by atoms with Gasteiger partial charge in [-0.3, -0.25) is 9.59 Å². The molecule has 2 aromatic rings. The van der Waals surface area contributed by atoms with E-state index in [0.29, 0.717) is 29.4 Å². The van der Waals surface area contributed by atoms with E-state index in [2.05, 4.69) is 16.9 Å². The molecule has 0 aliphatic carbocycles. The molecule has 1 unspecified atom stereocenters. The SMILES string of the molecule is C=CCn1c(N)cc(=O)nc1SC(CC)C(=O)Nc1ccccc1C#N. The second-order valence-electron chi connectivity index (χ2n) is 5.36. The number of allylic oxidation sites excluding steroid dienone is 1. The Morgan fingerprint density at radius 1 is 1.54 bits per heavy atom. The summed E-state index contributed by atoms with van der Waals surface area (Å²) in [4.78, 5) is 28.3. The van der Waals surface area contributed by atoms with E-state index >= 15 is 0 Å². The highest BCUT2D eigenvalue weighted by Gasteiger charge is 2.22. The van der Waals surface area contributed by atoms with E-state index in [0.717, 1.165) is 11.8 Å². The number of amides is 1. The minimum Gasteiger partial charge on any atom is -0.385 e. The Morgan fingerprint density at radius 2 is 2.27 bits per heavy atom. The molecule has 8 heteroatoms. The summed E-state index contributed by atoms with van der Waals surface area (Å²) < 4.78 is 1.62. The van der Waals surface area contributed by atoms with Crippen LogP contribution in [-0.4, -0.2) is 20.7 Å². The van der Waals surface area contributed by atoms with Gasteiger partial charge in [0.15, 0.2) is 5.16 Å². The van der Waals surface area contributed by atoms with Gasteiger partial charge in [0.05, 0.1) is 16.5 Å². The van der Waals surface area contributed by atoms with E-state index in [9.17, 15) is 9.59 Å². The van der Waals surface area contributed by atoms with Crippen LogP contribution in [0.1, 0.15) is 18.9 Å². The first-order chi connectivity index (χ1) is 12.5. The highest BCUT2D eigenvalue weighted by atomic mass is 32.2. The number of nitrogens with one attached hydrogen (secondary N) is 1. The van der Waals surface area contributed by atoms with Gasteiger partial charge in [-0.15, -0.1) is 6.58 Å². The summed E-state index contributed by atoms with van der Waals surface area (Å²) in [5, 5.41) is 11.7. The van der Waals surface area contributed by atoms with Crippen LogP contribution in [0.25, 0.3) is 0 Å². The maximum atomic E-state index is 12.6. The molecular formula is C18H19N5O2S. The van der Waals surface area contributed by atoms with Crippen molar-refractivity contribution in [2.24, 2.45) is 0 Å². The van der Waals surface area contributed by atoms with Crippen molar-refractivity contribution in [3.05, 3.63) is 58.9 Å². The summed E-state index contributed by atoms with van der Waals surface area (Å²) >= 11 is 1.15. The van der Waals surface area contributed by atoms with Crippen molar-refractivity contribution in [3.63, 3.8) is 0 Å². The second kappa shape index (κ2) is 8.87. The van der Waals surface area contributed by atoms with Crippen molar-refractivity contribution in [2.75, 3.05) is 11.1 Å². The molecule has 0 aliphatic rings. The molecule has 0 fully saturated rings. The van der Waals surface area contributed by atoms with Gasteiger partial charge in [0.2, 0.25) is 5.91 Å². The second-order valence-corrected chi connectivity index (χ2v) is 6.53. The molecule has 2 rings (SSSR count). The van der Waals surface area contributed by atoms with Crippen LogP contribution in [-0.2, 0) is 11.3 Å². The molecule has 1 aromatic carbocycles. The summed E-state index contributed by atoms with van der Waals surface area (Å²) in [6.45, 7) is 5.90. The van der Waals surface area contributed by atoms with Gasteiger partial charge in [0.1, 0.15) is 11.9 Å². The maximum absolute atomic E-state index is 12.6. The average Bonchev–Trinajstić information content (AvgIpc) is 2.62. The number of hydrogen-bond acceptors (Lipinski definition) is 6. The third-order valence-electron chi connectivity index (χ3n) is 3.55. The van der Waals surface area contributed by atoms with Gasteiger partial charge in [0, 0.05) is 12.6 Å². The largest absolute Gasteiger partial charge is 0.385 e. The number of benzene rings is 1. The number of nitriles is 1. The van der Waals surface area contributed by atoms with Crippen LogP contribution in [0.2, 0.25) is 0 Å². The average molecular weight is 369 g/mol. The summed E-state index contributed by atoms with van der Waals surface area (Å²) in [5.41, 5.74) is 6.25. The van der Waals surface area contributed by atoms with Crippen molar-refractivity contribution in [2.45, 2.75) is 30.3 Å². The summed E-state index contributed by atoms with van der Waals surface area (Å²) in [7, 11) is 0. The van der Waals surface area contributed by atoms with Crippen LogP contribution in [0.4, 0.5) is 11.5 Å². The highest BCUT2D eigenvalue weighted by Crippen LogP contribution is 2.26. The topological polar surface area (TPSA) is 114 Å². The molecule has 3 N–H and O–H groups in total. The molecule has 0 aliphatic heterocycles. The number of rotatable bonds is 7. The monoisotopic (exact) mass is 369 g/mol. The quantitative estimate of drug-likeness (QED) is 0.440. The molecule has 0 bridgehead atoms. The molecule has 1 atom stereocenters. The van der Waals surface area contributed by atoms with Gasteiger partial charge in [-0.25, -0.2) is 0 Å². The zero-order chi connectivity index (χ0) is 19.1. The molecule has 134 valence electrons. The zero-order valence-corrected chi connectivity index (χ0v) is 15.1. The predicted octanol–water partition coefficient (Wildman–Crippen LogP) is 2.39. The molecule has 0 saturated carbocycles. The lowest BCUT2D eigenvalue weighted by atomic mass is 10.2. The lowest BCUT2D eigenvalue weighted by Gasteiger charge is -2.18. The summed E-state index contributed by atoms with van der Waals surface area (Å²) in [5.74, 6) is -0.0143. The van der Waals surface area contributed by atoms with Crippen LogP contribution in [0.5, 0.6) is 0 Å². The van der Waals surface area contributed by atoms with Gasteiger partial charge in [-0.05, 0) is 18.6 Å². The molecule has 7 nitrogen and oxygen atoms in total. The van der Waals surface area contributed by atoms with Crippen molar-refractivity contribution in [3.8, 4) is 6.07 Å². The van der Waals surface area contributed by atoms with Crippen molar-refractivity contribution >= 4 is 29.2 Å². The number of carbonyl (C=O) groups is 1. The Morgan fingerprint density at radius 3 is 2.92 bits per heavy atom. The molecule has 0 saturated heterocycles. The van der Waals surface area contributed by atoms with Crippen LogP contribution >= 0.6 is 11.8 Å². The van der Waals surface area contributed by atoms with Gasteiger partial charge in [-0.2, -0.15) is 10.2 Å². The Labute approximate surface area is 155 Å². The first-order valence-electron chi connectivity index (χ1n) is 7.95. The number of nitrogen functional groups attached to an aromatic ring is 1. The highest BCUT2D eigenvalue weighted by molar-refractivity contribution is 8.00. The number of nitrogens with two attached hydrogens (primary N) is 1. The fourth-order valence-electron chi connectivity index (χ4n) is 2.26. The number of thioether (sulfide) groups is 1. The molecule has 0 radical (unpaired) electrons. The Balaban J connectivity index is 2.27. The number of carbonyl (C=O) groups excluding carboxylic acids is 1. The minimum absolute atomic E-state index is 0.262.